The standard InChI is InChI=1S/C18H18N6O3/c25-17(15-7-4-9-19-18(15)27-14-8-10-26-12-14)20-11-16-21-22-23-24(16)13-5-2-1-3-6-13/h1-7,9,14H,8,10-12H2,(H,20,25)/t14-/m0/s1. The van der Waals surface area contributed by atoms with E-state index in [2.05, 4.69) is 25.8 Å². The van der Waals surface area contributed by atoms with E-state index in [9.17, 15) is 4.79 Å². The number of hydrogen-bond donors (Lipinski definition) is 1. The third-order valence-corrected chi connectivity index (χ3v) is 4.12. The molecule has 3 aromatic rings. The molecule has 2 aromatic heterocycles. The van der Waals surface area contributed by atoms with Crippen molar-refractivity contribution in [2.75, 3.05) is 13.2 Å². The summed E-state index contributed by atoms with van der Waals surface area (Å²) in [6.07, 6.45) is 2.29. The fourth-order valence-electron chi connectivity index (χ4n) is 2.76. The van der Waals surface area contributed by atoms with Crippen LogP contribution in [-0.2, 0) is 11.3 Å². The topological polar surface area (TPSA) is 104 Å². The van der Waals surface area contributed by atoms with Crippen molar-refractivity contribution in [2.45, 2.75) is 19.1 Å². The van der Waals surface area contributed by atoms with Gasteiger partial charge in [-0.25, -0.2) is 4.98 Å². The number of aromatic nitrogens is 5. The number of hydrogen-bond acceptors (Lipinski definition) is 7. The number of nitrogens with one attached hydrogen (secondary N) is 1. The molecule has 1 aromatic carbocycles. The normalized spacial score (nSPS) is 16.2. The molecule has 0 saturated carbocycles. The summed E-state index contributed by atoms with van der Waals surface area (Å²) in [4.78, 5) is 16.8. The minimum Gasteiger partial charge on any atom is -0.471 e. The van der Waals surface area contributed by atoms with Gasteiger partial charge in [-0.2, -0.15) is 4.68 Å². The van der Waals surface area contributed by atoms with Gasteiger partial charge in [-0.1, -0.05) is 18.2 Å². The molecule has 0 unspecified atom stereocenters. The highest BCUT2D eigenvalue weighted by atomic mass is 16.5. The van der Waals surface area contributed by atoms with E-state index < -0.39 is 0 Å². The van der Waals surface area contributed by atoms with Crippen LogP contribution in [-0.4, -0.2) is 50.4 Å². The predicted molar refractivity (Wildman–Crippen MR) is 94.4 cm³/mol. The second-order valence-electron chi connectivity index (χ2n) is 5.98. The SMILES string of the molecule is O=C(NCc1nnnn1-c1ccccc1)c1cccnc1O[C@H]1CCOC1. The van der Waals surface area contributed by atoms with Crippen LogP contribution < -0.4 is 10.1 Å². The van der Waals surface area contributed by atoms with E-state index in [0.29, 0.717) is 30.5 Å². The van der Waals surface area contributed by atoms with Crippen LogP contribution in [0, 0.1) is 0 Å². The van der Waals surface area contributed by atoms with Gasteiger partial charge in [0.05, 0.1) is 25.4 Å². The Hall–Kier alpha value is -3.33. The number of tetrazole rings is 1. The zero-order valence-electron chi connectivity index (χ0n) is 14.5. The number of para-hydroxylation sites is 1. The largest absolute Gasteiger partial charge is 0.471 e. The van der Waals surface area contributed by atoms with Crippen molar-refractivity contribution in [3.63, 3.8) is 0 Å². The molecule has 0 spiro atoms. The lowest BCUT2D eigenvalue weighted by atomic mass is 10.2. The van der Waals surface area contributed by atoms with Crippen molar-refractivity contribution in [1.29, 1.82) is 0 Å². The summed E-state index contributed by atoms with van der Waals surface area (Å²) in [6, 6.07) is 12.8. The maximum atomic E-state index is 12.6. The molecule has 1 N–H and O–H groups in total. The number of benzene rings is 1. The summed E-state index contributed by atoms with van der Waals surface area (Å²) in [7, 11) is 0. The van der Waals surface area contributed by atoms with Crippen LogP contribution in [0.4, 0.5) is 0 Å². The Kier molecular flexibility index (Phi) is 5.01. The van der Waals surface area contributed by atoms with Crippen LogP contribution in [0.15, 0.2) is 48.7 Å². The minimum absolute atomic E-state index is 0.0863. The quantitative estimate of drug-likeness (QED) is 0.698. The van der Waals surface area contributed by atoms with E-state index in [4.69, 9.17) is 9.47 Å². The minimum atomic E-state index is -0.306. The van der Waals surface area contributed by atoms with Crippen molar-refractivity contribution < 1.29 is 14.3 Å². The molecule has 138 valence electrons. The van der Waals surface area contributed by atoms with E-state index in [0.717, 1.165) is 12.1 Å². The van der Waals surface area contributed by atoms with E-state index in [1.54, 1.807) is 23.0 Å². The lowest BCUT2D eigenvalue weighted by molar-refractivity contribution is 0.0936. The summed E-state index contributed by atoms with van der Waals surface area (Å²) in [5.41, 5.74) is 1.18. The summed E-state index contributed by atoms with van der Waals surface area (Å²) in [5.74, 6) is 0.512. The second-order valence-corrected chi connectivity index (χ2v) is 5.98. The maximum absolute atomic E-state index is 12.6. The van der Waals surface area contributed by atoms with Crippen LogP contribution in [0.1, 0.15) is 22.6 Å². The smallest absolute Gasteiger partial charge is 0.257 e. The van der Waals surface area contributed by atoms with Gasteiger partial charge >= 0.3 is 0 Å². The first-order valence-electron chi connectivity index (χ1n) is 8.61. The van der Waals surface area contributed by atoms with Crippen molar-refractivity contribution in [2.24, 2.45) is 0 Å². The predicted octanol–water partition coefficient (Wildman–Crippen LogP) is 1.15. The van der Waals surface area contributed by atoms with Gasteiger partial charge in [0.25, 0.3) is 5.91 Å². The highest BCUT2D eigenvalue weighted by Gasteiger charge is 2.21. The molecule has 1 atom stereocenters. The zero-order chi connectivity index (χ0) is 18.5. The lowest BCUT2D eigenvalue weighted by Crippen LogP contribution is -2.26. The second kappa shape index (κ2) is 7.92. The molecule has 1 aliphatic heterocycles. The van der Waals surface area contributed by atoms with Crippen LogP contribution in [0.3, 0.4) is 0 Å². The fraction of sp³-hybridized carbons (Fsp3) is 0.278. The molecular formula is C18H18N6O3. The van der Waals surface area contributed by atoms with Crippen molar-refractivity contribution in [3.8, 4) is 11.6 Å². The fourth-order valence-corrected chi connectivity index (χ4v) is 2.76. The third-order valence-electron chi connectivity index (χ3n) is 4.12. The molecule has 4 rings (SSSR count). The molecule has 9 nitrogen and oxygen atoms in total. The Morgan fingerprint density at radius 2 is 2.15 bits per heavy atom. The monoisotopic (exact) mass is 366 g/mol. The van der Waals surface area contributed by atoms with Gasteiger partial charge in [-0.15, -0.1) is 5.10 Å². The summed E-state index contributed by atoms with van der Waals surface area (Å²) < 4.78 is 12.7. The molecule has 0 aliphatic carbocycles. The Morgan fingerprint density at radius 3 is 2.96 bits per heavy atom. The maximum Gasteiger partial charge on any atom is 0.257 e. The van der Waals surface area contributed by atoms with Gasteiger partial charge in [-0.3, -0.25) is 4.79 Å². The Morgan fingerprint density at radius 1 is 1.26 bits per heavy atom. The van der Waals surface area contributed by atoms with Crippen LogP contribution in [0.25, 0.3) is 5.69 Å². The number of nitrogens with zero attached hydrogens (tertiary/aromatic N) is 5. The number of carbonyl (C=O) groups is 1. The van der Waals surface area contributed by atoms with Crippen molar-refractivity contribution in [3.05, 3.63) is 60.0 Å². The molecule has 1 aliphatic rings. The third kappa shape index (κ3) is 3.93. The molecule has 3 heterocycles. The van der Waals surface area contributed by atoms with Gasteiger partial charge in [0.2, 0.25) is 5.88 Å². The van der Waals surface area contributed by atoms with Crippen molar-refractivity contribution in [1.82, 2.24) is 30.5 Å². The number of amides is 1. The van der Waals surface area contributed by atoms with Crippen molar-refractivity contribution >= 4 is 5.91 Å². The average Bonchev–Trinajstić information content (AvgIpc) is 3.39. The van der Waals surface area contributed by atoms with Gasteiger partial charge in [0.15, 0.2) is 5.82 Å². The Labute approximate surface area is 155 Å². The van der Waals surface area contributed by atoms with Gasteiger partial charge in [-0.05, 0) is 34.7 Å². The molecule has 27 heavy (non-hydrogen) atoms. The highest BCUT2D eigenvalue weighted by molar-refractivity contribution is 5.96. The molecular weight excluding hydrogens is 348 g/mol. The van der Waals surface area contributed by atoms with Crippen LogP contribution >= 0.6 is 0 Å². The van der Waals surface area contributed by atoms with Gasteiger partial charge in [0, 0.05) is 12.6 Å². The molecule has 1 fully saturated rings. The first-order valence-corrected chi connectivity index (χ1v) is 8.61. The van der Waals surface area contributed by atoms with Crippen LogP contribution in [0.2, 0.25) is 0 Å². The number of carbonyl (C=O) groups excluding carboxylic acids is 1. The molecule has 9 heteroatoms. The number of pyridine rings is 1. The molecule has 1 saturated heterocycles. The Balaban J connectivity index is 1.46. The van der Waals surface area contributed by atoms with Crippen LogP contribution in [0.5, 0.6) is 5.88 Å². The zero-order valence-corrected chi connectivity index (χ0v) is 14.5. The Bertz CT molecular complexity index is 908. The van der Waals surface area contributed by atoms with E-state index in [1.165, 1.54) is 0 Å². The molecule has 0 radical (unpaired) electrons. The van der Waals surface area contributed by atoms with Gasteiger partial charge in [0.1, 0.15) is 11.7 Å². The summed E-state index contributed by atoms with van der Waals surface area (Å²) >= 11 is 0. The first kappa shape index (κ1) is 17.1. The average molecular weight is 366 g/mol. The summed E-state index contributed by atoms with van der Waals surface area (Å²) in [6.45, 7) is 1.33. The lowest BCUT2D eigenvalue weighted by Gasteiger charge is -2.14. The summed E-state index contributed by atoms with van der Waals surface area (Å²) in [5, 5.41) is 14.5. The first-order chi connectivity index (χ1) is 13.3. The van der Waals surface area contributed by atoms with E-state index in [1.807, 2.05) is 30.3 Å². The van der Waals surface area contributed by atoms with E-state index >= 15 is 0 Å². The highest BCUT2D eigenvalue weighted by Crippen LogP contribution is 2.19. The number of rotatable bonds is 6. The molecule has 1 amide bonds. The van der Waals surface area contributed by atoms with Gasteiger partial charge < -0.3 is 14.8 Å². The number of ether oxygens (including phenoxy) is 2. The van der Waals surface area contributed by atoms with E-state index in [-0.39, 0.29) is 18.6 Å². The molecule has 0 bridgehead atoms.